The van der Waals surface area contributed by atoms with Crippen LogP contribution in [0, 0.1) is 0 Å². The van der Waals surface area contributed by atoms with Crippen molar-refractivity contribution in [2.45, 2.75) is 17.9 Å². The fraction of sp³-hybridized carbons (Fsp3) is 0.160. The molecule has 0 atom stereocenters. The van der Waals surface area contributed by atoms with Crippen LogP contribution in [0.3, 0.4) is 0 Å². The highest BCUT2D eigenvalue weighted by Gasteiger charge is 2.32. The number of nitrogens with one attached hydrogen (secondary N) is 2. The number of hydrogen-bond acceptors (Lipinski definition) is 8. The Morgan fingerprint density at radius 3 is 2.65 bits per heavy atom. The molecule has 15 heteroatoms. The average molecular weight is 566 g/mol. The first-order valence-corrected chi connectivity index (χ1v) is 13.3. The van der Waals surface area contributed by atoms with E-state index < -0.39 is 27.8 Å². The number of anilines is 1. The van der Waals surface area contributed by atoms with E-state index in [2.05, 4.69) is 20.5 Å². The monoisotopic (exact) mass is 565 g/mol. The zero-order valence-corrected chi connectivity index (χ0v) is 21.8. The van der Waals surface area contributed by atoms with Gasteiger partial charge in [0.25, 0.3) is 5.91 Å². The van der Waals surface area contributed by atoms with E-state index in [1.54, 1.807) is 0 Å². The summed E-state index contributed by atoms with van der Waals surface area (Å²) in [6.07, 6.45) is 4.52. The Kier molecular flexibility index (Phi) is 6.83. The Hall–Kier alpha value is -5.02. The quantitative estimate of drug-likeness (QED) is 0.243. The topological polar surface area (TPSA) is 203 Å². The van der Waals surface area contributed by atoms with Gasteiger partial charge in [-0.15, -0.1) is 0 Å². The molecule has 1 aliphatic rings. The van der Waals surface area contributed by atoms with E-state index in [4.69, 9.17) is 10.5 Å². The smallest absolute Gasteiger partial charge is 0.352 e. The maximum atomic E-state index is 13.5. The summed E-state index contributed by atoms with van der Waals surface area (Å²) in [4.78, 5) is 41.4. The van der Waals surface area contributed by atoms with Gasteiger partial charge in [0.15, 0.2) is 5.82 Å². The summed E-state index contributed by atoms with van der Waals surface area (Å²) in [5.41, 5.74) is 6.40. The molecule has 4 heterocycles. The molecule has 0 saturated carbocycles. The maximum Gasteiger partial charge on any atom is 0.352 e. The summed E-state index contributed by atoms with van der Waals surface area (Å²) in [5.74, 6) is -2.73. The van der Waals surface area contributed by atoms with Gasteiger partial charge in [0.05, 0.1) is 23.9 Å². The first kappa shape index (κ1) is 26.6. The number of hydrogen-bond donors (Lipinski definition) is 4. The number of aromatic amines is 1. The van der Waals surface area contributed by atoms with Crippen molar-refractivity contribution in [1.82, 2.24) is 24.1 Å². The number of carboxylic acids is 1. The third-order valence-electron chi connectivity index (χ3n) is 6.46. The van der Waals surface area contributed by atoms with Crippen LogP contribution in [0.2, 0.25) is 0 Å². The molecule has 1 aliphatic heterocycles. The van der Waals surface area contributed by atoms with Crippen LogP contribution in [0.1, 0.15) is 42.5 Å². The highest BCUT2D eigenvalue weighted by Crippen LogP contribution is 2.31. The van der Waals surface area contributed by atoms with Crippen LogP contribution < -0.4 is 15.8 Å². The number of amides is 2. The lowest BCUT2D eigenvalue weighted by atomic mass is 10.0. The minimum atomic E-state index is -3.86. The zero-order valence-electron chi connectivity index (χ0n) is 21.0. The summed E-state index contributed by atoms with van der Waals surface area (Å²) in [6, 6.07) is 8.39. The van der Waals surface area contributed by atoms with Gasteiger partial charge in [-0.2, -0.15) is 9.40 Å². The lowest BCUT2D eigenvalue weighted by Crippen LogP contribution is -2.36. The number of sulfonamides is 1. The van der Waals surface area contributed by atoms with E-state index in [9.17, 15) is 27.9 Å². The van der Waals surface area contributed by atoms with Crippen molar-refractivity contribution in [2.75, 3.05) is 19.0 Å². The van der Waals surface area contributed by atoms with Gasteiger partial charge in [-0.25, -0.2) is 13.2 Å². The second kappa shape index (κ2) is 10.3. The number of benzene rings is 1. The molecule has 0 saturated heterocycles. The molecule has 0 bridgehead atoms. The van der Waals surface area contributed by atoms with Crippen LogP contribution in [-0.2, 0) is 23.0 Å². The average Bonchev–Trinajstić information content (AvgIpc) is 3.60. The molecule has 1 aromatic carbocycles. The summed E-state index contributed by atoms with van der Waals surface area (Å²) in [6.45, 7) is 0.122. The van der Waals surface area contributed by atoms with Crippen LogP contribution in [0.25, 0.3) is 5.69 Å². The standard InChI is InChI=1S/C25H23N7O7S/c1-39-21-11-15(22(26)33)16(10-20(21)32-8-3-5-19(32)25(35)36)24(34)28-23-17-13-31(9-6-18(17)29-30-23)40(37,38)14-4-2-7-27-12-14/h2-5,7-8,10-12H,6,9,13H2,1H3,(H2,26,33)(H,35,36)(H2,28,29,30,34). The number of nitrogens with two attached hydrogens (primary N) is 1. The van der Waals surface area contributed by atoms with E-state index in [0.29, 0.717) is 17.7 Å². The number of carboxylic acid groups (broad SMARTS) is 1. The number of nitrogens with zero attached hydrogens (tertiary/aromatic N) is 4. The van der Waals surface area contributed by atoms with Gasteiger partial charge in [0.1, 0.15) is 16.3 Å². The van der Waals surface area contributed by atoms with Crippen molar-refractivity contribution in [3.8, 4) is 11.4 Å². The minimum Gasteiger partial charge on any atom is -0.495 e. The Balaban J connectivity index is 1.50. The van der Waals surface area contributed by atoms with Crippen LogP contribution in [0.5, 0.6) is 5.75 Å². The lowest BCUT2D eigenvalue weighted by molar-refractivity contribution is 0.0687. The molecule has 5 rings (SSSR count). The summed E-state index contributed by atoms with van der Waals surface area (Å²) >= 11 is 0. The minimum absolute atomic E-state index is 0.0372. The second-order valence-corrected chi connectivity index (χ2v) is 10.7. The number of aromatic nitrogens is 4. The number of H-pyrrole nitrogens is 1. The molecule has 2 amide bonds. The van der Waals surface area contributed by atoms with Crippen molar-refractivity contribution >= 4 is 33.6 Å². The molecule has 3 aromatic heterocycles. The molecule has 5 N–H and O–H groups in total. The third kappa shape index (κ3) is 4.67. The first-order chi connectivity index (χ1) is 19.1. The Bertz CT molecular complexity index is 1750. The molecule has 0 radical (unpaired) electrons. The number of primary amides is 1. The number of carbonyl (C=O) groups excluding carboxylic acids is 2. The lowest BCUT2D eigenvalue weighted by Gasteiger charge is -2.26. The number of aromatic carboxylic acids is 1. The largest absolute Gasteiger partial charge is 0.495 e. The molecule has 0 aliphatic carbocycles. The highest BCUT2D eigenvalue weighted by atomic mass is 32.2. The van der Waals surface area contributed by atoms with Gasteiger partial charge >= 0.3 is 5.97 Å². The van der Waals surface area contributed by atoms with Crippen molar-refractivity contribution in [2.24, 2.45) is 5.73 Å². The first-order valence-electron chi connectivity index (χ1n) is 11.8. The number of ether oxygens (including phenoxy) is 1. The highest BCUT2D eigenvalue weighted by molar-refractivity contribution is 7.89. The fourth-order valence-corrected chi connectivity index (χ4v) is 5.85. The predicted octanol–water partition coefficient (Wildman–Crippen LogP) is 1.40. The normalized spacial score (nSPS) is 13.4. The Morgan fingerprint density at radius 1 is 1.18 bits per heavy atom. The van der Waals surface area contributed by atoms with E-state index in [1.165, 1.54) is 71.0 Å². The van der Waals surface area contributed by atoms with Crippen LogP contribution in [0.4, 0.5) is 5.82 Å². The van der Waals surface area contributed by atoms with Crippen molar-refractivity contribution in [3.63, 3.8) is 0 Å². The number of methoxy groups -OCH3 is 1. The zero-order chi connectivity index (χ0) is 28.6. The summed E-state index contributed by atoms with van der Waals surface area (Å²) in [7, 11) is -2.53. The molecule has 4 aromatic rings. The van der Waals surface area contributed by atoms with Gasteiger partial charge in [-0.05, 0) is 36.4 Å². The number of rotatable bonds is 8. The van der Waals surface area contributed by atoms with E-state index in [-0.39, 0.29) is 52.1 Å². The van der Waals surface area contributed by atoms with Gasteiger partial charge in [-0.1, -0.05) is 0 Å². The number of pyridine rings is 1. The molecule has 40 heavy (non-hydrogen) atoms. The van der Waals surface area contributed by atoms with E-state index in [1.807, 2.05) is 0 Å². The molecule has 0 unspecified atom stereocenters. The number of carbonyl (C=O) groups is 3. The van der Waals surface area contributed by atoms with Crippen molar-refractivity contribution < 1.29 is 32.6 Å². The van der Waals surface area contributed by atoms with Gasteiger partial charge in [0.2, 0.25) is 15.9 Å². The van der Waals surface area contributed by atoms with Crippen molar-refractivity contribution in [1.29, 1.82) is 0 Å². The van der Waals surface area contributed by atoms with E-state index >= 15 is 0 Å². The third-order valence-corrected chi connectivity index (χ3v) is 8.29. The molecule has 14 nitrogen and oxygen atoms in total. The van der Waals surface area contributed by atoms with Gasteiger partial charge < -0.3 is 25.5 Å². The van der Waals surface area contributed by atoms with Gasteiger partial charge in [0, 0.05) is 49.4 Å². The van der Waals surface area contributed by atoms with Gasteiger partial charge in [-0.3, -0.25) is 19.7 Å². The second-order valence-electron chi connectivity index (χ2n) is 8.76. The van der Waals surface area contributed by atoms with Crippen LogP contribution in [-0.4, -0.2) is 69.0 Å². The summed E-state index contributed by atoms with van der Waals surface area (Å²) in [5, 5.41) is 19.2. The van der Waals surface area contributed by atoms with E-state index in [0.717, 1.165) is 0 Å². The molecular formula is C25H23N7O7S. The predicted molar refractivity (Wildman–Crippen MR) is 140 cm³/mol. The van der Waals surface area contributed by atoms with Crippen LogP contribution >= 0.6 is 0 Å². The molecule has 0 fully saturated rings. The SMILES string of the molecule is COc1cc(C(N)=O)c(C(=O)Nc2n[nH]c3c2CN(S(=O)(=O)c2cccnc2)CC3)cc1-n1cccc1C(=O)O. The molecule has 206 valence electrons. The maximum absolute atomic E-state index is 13.5. The fourth-order valence-electron chi connectivity index (χ4n) is 4.48. The Labute approximate surface area is 227 Å². The summed E-state index contributed by atoms with van der Waals surface area (Å²) < 4.78 is 34.2. The molecular weight excluding hydrogens is 542 g/mol. The molecule has 0 spiro atoms. The number of fused-ring (bicyclic) bond motifs is 1. The Morgan fingerprint density at radius 2 is 1.98 bits per heavy atom. The van der Waals surface area contributed by atoms with Crippen LogP contribution in [0.15, 0.2) is 59.9 Å². The van der Waals surface area contributed by atoms with Crippen molar-refractivity contribution in [3.05, 3.63) is 83.1 Å².